The molecular formula is C15H14F3N5O2. The number of anilines is 1. The molecule has 3 aromatic rings. The topological polar surface area (TPSA) is 85.1 Å². The molecule has 1 unspecified atom stereocenters. The molecule has 0 aliphatic heterocycles. The Bertz CT molecular complexity index is 864. The van der Waals surface area contributed by atoms with E-state index in [0.29, 0.717) is 22.4 Å². The lowest BCUT2D eigenvalue weighted by Gasteiger charge is -2.13. The predicted octanol–water partition coefficient (Wildman–Crippen LogP) is 2.50. The molecule has 0 fully saturated rings. The number of nitrogens with one attached hydrogen (secondary N) is 1. The van der Waals surface area contributed by atoms with Gasteiger partial charge in [-0.05, 0) is 17.7 Å². The number of aromatic nitrogens is 4. The number of nitrogens with zero attached hydrogens (tertiary/aromatic N) is 4. The highest BCUT2D eigenvalue weighted by Gasteiger charge is 2.31. The second-order valence-corrected chi connectivity index (χ2v) is 5.17. The summed E-state index contributed by atoms with van der Waals surface area (Å²) in [7, 11) is 1.72. The average Bonchev–Trinajstić information content (AvgIpc) is 2.97. The number of alkyl halides is 3. The van der Waals surface area contributed by atoms with E-state index in [1.54, 1.807) is 13.2 Å². The van der Waals surface area contributed by atoms with Gasteiger partial charge >= 0.3 is 6.36 Å². The smallest absolute Gasteiger partial charge is 0.406 e. The number of fused-ring (bicyclic) bond motifs is 1. The molecule has 132 valence electrons. The maximum absolute atomic E-state index is 12.2. The summed E-state index contributed by atoms with van der Waals surface area (Å²) in [6, 6.07) is 5.03. The van der Waals surface area contributed by atoms with E-state index in [0.717, 1.165) is 12.1 Å². The highest BCUT2D eigenvalue weighted by Crippen LogP contribution is 2.25. The van der Waals surface area contributed by atoms with E-state index < -0.39 is 12.5 Å². The predicted molar refractivity (Wildman–Crippen MR) is 83.0 cm³/mol. The summed E-state index contributed by atoms with van der Waals surface area (Å²) < 4.78 is 41.8. The summed E-state index contributed by atoms with van der Waals surface area (Å²) in [5, 5.41) is 18.1. The number of ether oxygens (including phenoxy) is 1. The van der Waals surface area contributed by atoms with Crippen LogP contribution in [-0.4, -0.2) is 38.3 Å². The van der Waals surface area contributed by atoms with Crippen LogP contribution in [0.25, 0.3) is 11.0 Å². The van der Waals surface area contributed by atoms with Gasteiger partial charge in [-0.25, -0.2) is 14.6 Å². The molecule has 10 heteroatoms. The quantitative estimate of drug-likeness (QED) is 0.733. The molecule has 0 spiro atoms. The molecule has 0 saturated heterocycles. The highest BCUT2D eigenvalue weighted by atomic mass is 19.4. The minimum absolute atomic E-state index is 0.0865. The molecule has 0 radical (unpaired) electrons. The van der Waals surface area contributed by atoms with Crippen molar-refractivity contribution < 1.29 is 23.0 Å². The van der Waals surface area contributed by atoms with Gasteiger partial charge in [0.05, 0.1) is 24.2 Å². The molecule has 2 aromatic heterocycles. The second kappa shape index (κ2) is 6.55. The Balaban J connectivity index is 1.77. The summed E-state index contributed by atoms with van der Waals surface area (Å²) in [6.07, 6.45) is -2.77. The van der Waals surface area contributed by atoms with Gasteiger partial charge in [-0.3, -0.25) is 0 Å². The van der Waals surface area contributed by atoms with E-state index in [9.17, 15) is 18.3 Å². The van der Waals surface area contributed by atoms with Crippen molar-refractivity contribution in [3.63, 3.8) is 0 Å². The number of rotatable bonds is 5. The van der Waals surface area contributed by atoms with Crippen molar-refractivity contribution in [3.8, 4) is 5.75 Å². The Morgan fingerprint density at radius 2 is 1.96 bits per heavy atom. The van der Waals surface area contributed by atoms with Crippen molar-refractivity contribution in [1.82, 2.24) is 19.7 Å². The molecule has 3 rings (SSSR count). The number of benzene rings is 1. The van der Waals surface area contributed by atoms with E-state index >= 15 is 0 Å². The first kappa shape index (κ1) is 17.0. The molecule has 0 bridgehead atoms. The van der Waals surface area contributed by atoms with E-state index in [-0.39, 0.29) is 12.3 Å². The van der Waals surface area contributed by atoms with Crippen molar-refractivity contribution in [2.24, 2.45) is 0 Å². The van der Waals surface area contributed by atoms with Crippen LogP contribution >= 0.6 is 0 Å². The van der Waals surface area contributed by atoms with Crippen LogP contribution in [0.2, 0.25) is 0 Å². The summed E-state index contributed by atoms with van der Waals surface area (Å²) in [5.74, 6) is 0.263. The van der Waals surface area contributed by atoms with Gasteiger partial charge in [-0.15, -0.1) is 13.2 Å². The zero-order valence-electron chi connectivity index (χ0n) is 13.0. The molecule has 7 nitrogen and oxygen atoms in total. The lowest BCUT2D eigenvalue weighted by atomic mass is 10.1. The molecule has 0 amide bonds. The summed E-state index contributed by atoms with van der Waals surface area (Å²) in [5.41, 5.74) is 0.969. The van der Waals surface area contributed by atoms with Crippen LogP contribution in [0.1, 0.15) is 11.7 Å². The normalized spacial score (nSPS) is 13.0. The maximum atomic E-state index is 12.2. The number of aliphatic hydroxyl groups excluding tert-OH is 1. The Morgan fingerprint density at radius 1 is 1.24 bits per heavy atom. The van der Waals surface area contributed by atoms with Crippen LogP contribution in [0.4, 0.5) is 19.0 Å². The summed E-state index contributed by atoms with van der Waals surface area (Å²) in [6.45, 7) is 0.0865. The average molecular weight is 353 g/mol. The number of hydrogen-bond acceptors (Lipinski definition) is 6. The molecule has 0 saturated carbocycles. The monoisotopic (exact) mass is 353 g/mol. The van der Waals surface area contributed by atoms with Gasteiger partial charge in [0.25, 0.3) is 0 Å². The number of aliphatic hydroxyl groups is 1. The molecule has 1 aromatic carbocycles. The lowest BCUT2D eigenvalue weighted by molar-refractivity contribution is -0.274. The Kier molecular flexibility index (Phi) is 4.45. The Hall–Kier alpha value is -2.88. The van der Waals surface area contributed by atoms with Crippen LogP contribution in [0, 0.1) is 0 Å². The zero-order valence-corrected chi connectivity index (χ0v) is 13.0. The molecule has 25 heavy (non-hydrogen) atoms. The van der Waals surface area contributed by atoms with E-state index in [2.05, 4.69) is 25.1 Å². The lowest BCUT2D eigenvalue weighted by Crippen LogP contribution is -2.17. The van der Waals surface area contributed by atoms with E-state index in [1.807, 2.05) is 0 Å². The van der Waals surface area contributed by atoms with Gasteiger partial charge in [-0.1, -0.05) is 12.1 Å². The first-order valence-corrected chi connectivity index (χ1v) is 7.25. The second-order valence-electron chi connectivity index (χ2n) is 5.17. The largest absolute Gasteiger partial charge is 0.573 e. The van der Waals surface area contributed by atoms with Crippen molar-refractivity contribution >= 4 is 16.9 Å². The van der Waals surface area contributed by atoms with Crippen molar-refractivity contribution in [1.29, 1.82) is 0 Å². The Labute approximate surface area is 140 Å². The van der Waals surface area contributed by atoms with Gasteiger partial charge in [0.15, 0.2) is 5.65 Å². The standard InChI is InChI=1S/C15H14F3N5O2/c1-19-13-11-6-22-23(14(11)21-8-20-13)7-12(24)9-2-4-10(5-3-9)25-15(16,17)18/h2-6,8,12,24H,7H2,1H3,(H,19,20,21). The Morgan fingerprint density at radius 3 is 2.60 bits per heavy atom. The first-order chi connectivity index (χ1) is 11.9. The van der Waals surface area contributed by atoms with Gasteiger partial charge in [-0.2, -0.15) is 5.10 Å². The van der Waals surface area contributed by atoms with Crippen LogP contribution in [-0.2, 0) is 6.54 Å². The van der Waals surface area contributed by atoms with Crippen molar-refractivity contribution in [2.45, 2.75) is 19.0 Å². The maximum Gasteiger partial charge on any atom is 0.573 e. The van der Waals surface area contributed by atoms with Gasteiger partial charge in [0.2, 0.25) is 0 Å². The fraction of sp³-hybridized carbons (Fsp3) is 0.267. The van der Waals surface area contributed by atoms with Gasteiger partial charge < -0.3 is 15.2 Å². The first-order valence-electron chi connectivity index (χ1n) is 7.25. The van der Waals surface area contributed by atoms with Gasteiger partial charge in [0.1, 0.15) is 17.9 Å². The molecular weight excluding hydrogens is 339 g/mol. The molecule has 1 atom stereocenters. The highest BCUT2D eigenvalue weighted by molar-refractivity contribution is 5.85. The van der Waals surface area contributed by atoms with Crippen LogP contribution in [0.15, 0.2) is 36.8 Å². The third-order valence-corrected chi connectivity index (χ3v) is 3.51. The van der Waals surface area contributed by atoms with Gasteiger partial charge in [0, 0.05) is 7.05 Å². The molecule has 0 aliphatic carbocycles. The van der Waals surface area contributed by atoms with E-state index in [4.69, 9.17) is 0 Å². The van der Waals surface area contributed by atoms with E-state index in [1.165, 1.54) is 23.1 Å². The fourth-order valence-electron chi connectivity index (χ4n) is 2.39. The minimum Gasteiger partial charge on any atom is -0.406 e. The van der Waals surface area contributed by atoms with Crippen LogP contribution in [0.3, 0.4) is 0 Å². The third kappa shape index (κ3) is 3.79. The van der Waals surface area contributed by atoms with Crippen LogP contribution in [0.5, 0.6) is 5.75 Å². The molecule has 0 aliphatic rings. The third-order valence-electron chi connectivity index (χ3n) is 3.51. The van der Waals surface area contributed by atoms with Crippen molar-refractivity contribution in [2.75, 3.05) is 12.4 Å². The zero-order chi connectivity index (χ0) is 18.0. The fourth-order valence-corrected chi connectivity index (χ4v) is 2.39. The summed E-state index contributed by atoms with van der Waals surface area (Å²) in [4.78, 5) is 8.22. The molecule has 2 N–H and O–H groups in total. The molecule has 2 heterocycles. The number of halogens is 3. The summed E-state index contributed by atoms with van der Waals surface area (Å²) >= 11 is 0. The van der Waals surface area contributed by atoms with Crippen molar-refractivity contribution in [3.05, 3.63) is 42.4 Å². The minimum atomic E-state index is -4.75. The number of hydrogen-bond donors (Lipinski definition) is 2. The van der Waals surface area contributed by atoms with Crippen LogP contribution < -0.4 is 10.1 Å². The SMILES string of the molecule is CNc1ncnc2c1cnn2CC(O)c1ccc(OC(F)(F)F)cc1.